The zero-order valence-corrected chi connectivity index (χ0v) is 4.74. The van der Waals surface area contributed by atoms with Gasteiger partial charge in [-0.1, -0.05) is 0 Å². The van der Waals surface area contributed by atoms with Gasteiger partial charge < -0.3 is 4.52 Å². The monoisotopic (exact) mass is 138 g/mol. The fraction of sp³-hybridized carbons (Fsp3) is 0. The fourth-order valence-corrected chi connectivity index (χ4v) is 0.618. The molecule has 0 saturated heterocycles. The molecule has 10 heavy (non-hydrogen) atoms. The number of aromatic nitrogens is 4. The smallest absolute Gasteiger partial charge is 0.318 e. The summed E-state index contributed by atoms with van der Waals surface area (Å²) in [6.45, 7) is 0. The van der Waals surface area contributed by atoms with Gasteiger partial charge in [-0.05, 0) is 0 Å². The Morgan fingerprint density at radius 2 is 2.50 bits per heavy atom. The average molecular weight is 138 g/mol. The van der Waals surface area contributed by atoms with Crippen molar-refractivity contribution in [3.63, 3.8) is 0 Å². The van der Waals surface area contributed by atoms with Crippen LogP contribution in [-0.2, 0) is 0 Å². The molecule has 1 N–H and O–H groups in total. The molecule has 0 bridgehead atoms. The first-order chi connectivity index (χ1) is 4.86. The Kier molecular flexibility index (Phi) is 0.830. The lowest BCUT2D eigenvalue weighted by atomic mass is 10.6. The second-order valence-electron chi connectivity index (χ2n) is 1.68. The lowest BCUT2D eigenvalue weighted by Gasteiger charge is -1.78. The zero-order valence-electron chi connectivity index (χ0n) is 4.74. The van der Waals surface area contributed by atoms with Crippen LogP contribution >= 0.6 is 0 Å². The van der Waals surface area contributed by atoms with E-state index in [4.69, 9.17) is 0 Å². The summed E-state index contributed by atoms with van der Waals surface area (Å²) in [5.41, 5.74) is 0.227. The van der Waals surface area contributed by atoms with Gasteiger partial charge >= 0.3 is 5.69 Å². The van der Waals surface area contributed by atoms with E-state index in [0.717, 1.165) is 0 Å². The third-order valence-corrected chi connectivity index (χ3v) is 1.04. The van der Waals surface area contributed by atoms with Crippen LogP contribution in [0.5, 0.6) is 0 Å². The van der Waals surface area contributed by atoms with Crippen molar-refractivity contribution >= 4 is 11.2 Å². The fourth-order valence-electron chi connectivity index (χ4n) is 0.618. The molecule has 0 radical (unpaired) electrons. The summed E-state index contributed by atoms with van der Waals surface area (Å²) in [5.74, 6) is 0. The van der Waals surface area contributed by atoms with Gasteiger partial charge in [0, 0.05) is 5.27 Å². The van der Waals surface area contributed by atoms with Crippen LogP contribution in [0.1, 0.15) is 0 Å². The molecule has 0 amide bonds. The van der Waals surface area contributed by atoms with Crippen molar-refractivity contribution < 1.29 is 4.52 Å². The number of hydrogen-bond donors (Lipinski definition) is 1. The van der Waals surface area contributed by atoms with Gasteiger partial charge in [0.05, 0.1) is 6.20 Å². The molecular weight excluding hydrogens is 136 g/mol. The van der Waals surface area contributed by atoms with E-state index in [0.29, 0.717) is 5.52 Å². The van der Waals surface area contributed by atoms with Crippen molar-refractivity contribution in [2.75, 3.05) is 0 Å². The van der Waals surface area contributed by atoms with Crippen molar-refractivity contribution in [3.05, 3.63) is 16.7 Å². The summed E-state index contributed by atoms with van der Waals surface area (Å²) in [6, 6.07) is 0. The average Bonchev–Trinajstić information content (AvgIpc) is 2.33. The van der Waals surface area contributed by atoms with Crippen LogP contribution in [0.3, 0.4) is 0 Å². The largest absolute Gasteiger partial charge is 0.347 e. The molecule has 0 spiro atoms. The van der Waals surface area contributed by atoms with Crippen LogP contribution in [-0.4, -0.2) is 20.3 Å². The van der Waals surface area contributed by atoms with Gasteiger partial charge in [0.15, 0.2) is 5.52 Å². The molecule has 6 heteroatoms. The Balaban J connectivity index is 2.99. The highest BCUT2D eigenvalue weighted by atomic mass is 16.5. The minimum absolute atomic E-state index is 0.250. The van der Waals surface area contributed by atoms with Gasteiger partial charge in [-0.3, -0.25) is 4.98 Å². The Morgan fingerprint density at radius 1 is 1.60 bits per heavy atom. The van der Waals surface area contributed by atoms with E-state index in [-0.39, 0.29) is 5.71 Å². The van der Waals surface area contributed by atoms with E-state index >= 15 is 0 Å². The number of aromatic amines is 1. The number of fused-ring (bicyclic) bond motifs is 1. The zero-order chi connectivity index (χ0) is 6.97. The van der Waals surface area contributed by atoms with E-state index in [9.17, 15) is 4.79 Å². The van der Waals surface area contributed by atoms with Crippen molar-refractivity contribution in [2.45, 2.75) is 0 Å². The van der Waals surface area contributed by atoms with Crippen molar-refractivity contribution in [1.29, 1.82) is 0 Å². The number of nitrogens with one attached hydrogen (secondary N) is 1. The van der Waals surface area contributed by atoms with Gasteiger partial charge in [-0.15, -0.1) is 5.10 Å². The molecule has 0 aliphatic carbocycles. The maximum Gasteiger partial charge on any atom is 0.347 e. The Bertz CT molecular complexity index is 403. The summed E-state index contributed by atoms with van der Waals surface area (Å²) < 4.78 is 4.54. The molecule has 0 saturated carbocycles. The molecule has 0 aliphatic heterocycles. The minimum atomic E-state index is -0.467. The molecule has 2 rings (SSSR count). The third kappa shape index (κ3) is 0.586. The molecule has 2 aromatic heterocycles. The molecule has 50 valence electrons. The molecule has 0 atom stereocenters. The minimum Gasteiger partial charge on any atom is -0.318 e. The van der Waals surface area contributed by atoms with Crippen LogP contribution in [0.15, 0.2) is 15.5 Å². The van der Waals surface area contributed by atoms with E-state index in [1.165, 1.54) is 6.20 Å². The van der Waals surface area contributed by atoms with Crippen LogP contribution in [0.2, 0.25) is 0 Å². The number of H-pyrrole nitrogens is 1. The van der Waals surface area contributed by atoms with Crippen LogP contribution in [0.4, 0.5) is 0 Å². The second-order valence-corrected chi connectivity index (χ2v) is 1.68. The Labute approximate surface area is 53.9 Å². The first-order valence-corrected chi connectivity index (χ1v) is 2.53. The SMILES string of the molecule is O=c1ncc2nnoc2[nH]1. The quantitative estimate of drug-likeness (QED) is 0.520. The molecule has 0 fully saturated rings. The Morgan fingerprint density at radius 3 is 3.40 bits per heavy atom. The van der Waals surface area contributed by atoms with E-state index in [1.54, 1.807) is 0 Å². The molecule has 0 aliphatic rings. The van der Waals surface area contributed by atoms with Crippen molar-refractivity contribution in [3.8, 4) is 0 Å². The molecule has 2 heterocycles. The normalized spacial score (nSPS) is 10.4. The number of hydrogen-bond acceptors (Lipinski definition) is 5. The highest BCUT2D eigenvalue weighted by molar-refractivity contribution is 5.63. The first-order valence-electron chi connectivity index (χ1n) is 2.53. The summed E-state index contributed by atoms with van der Waals surface area (Å²) in [4.78, 5) is 16.2. The number of nitrogens with zero attached hydrogens (tertiary/aromatic N) is 3. The van der Waals surface area contributed by atoms with Gasteiger partial charge in [0.2, 0.25) is 0 Å². The summed E-state index contributed by atoms with van der Waals surface area (Å²) in [7, 11) is 0. The summed E-state index contributed by atoms with van der Waals surface area (Å²) in [6.07, 6.45) is 1.30. The molecular formula is C4H2N4O2. The van der Waals surface area contributed by atoms with Gasteiger partial charge in [0.1, 0.15) is 0 Å². The summed E-state index contributed by atoms with van der Waals surface area (Å²) in [5, 5.41) is 6.72. The number of rotatable bonds is 0. The summed E-state index contributed by atoms with van der Waals surface area (Å²) >= 11 is 0. The van der Waals surface area contributed by atoms with Gasteiger partial charge in [-0.2, -0.15) is 4.98 Å². The maximum absolute atomic E-state index is 10.5. The van der Waals surface area contributed by atoms with E-state index < -0.39 is 5.69 Å². The highest BCUT2D eigenvalue weighted by Gasteiger charge is 1.98. The second kappa shape index (κ2) is 1.63. The lowest BCUT2D eigenvalue weighted by Crippen LogP contribution is -2.07. The molecule has 0 aromatic carbocycles. The first kappa shape index (κ1) is 5.10. The van der Waals surface area contributed by atoms with Crippen LogP contribution in [0, 0.1) is 0 Å². The predicted octanol–water partition coefficient (Wildman–Crippen LogP) is -0.694. The van der Waals surface area contributed by atoms with Gasteiger partial charge in [0.25, 0.3) is 5.71 Å². The van der Waals surface area contributed by atoms with Crippen LogP contribution < -0.4 is 5.69 Å². The topological polar surface area (TPSA) is 84.7 Å². The van der Waals surface area contributed by atoms with E-state index in [1.807, 2.05) is 0 Å². The Hall–Kier alpha value is -1.72. The third-order valence-electron chi connectivity index (χ3n) is 1.04. The van der Waals surface area contributed by atoms with Crippen LogP contribution in [0.25, 0.3) is 11.2 Å². The van der Waals surface area contributed by atoms with Gasteiger partial charge in [-0.25, -0.2) is 4.79 Å². The van der Waals surface area contributed by atoms with Crippen molar-refractivity contribution in [1.82, 2.24) is 20.3 Å². The highest BCUT2D eigenvalue weighted by Crippen LogP contribution is 1.99. The van der Waals surface area contributed by atoms with E-state index in [2.05, 4.69) is 24.9 Å². The van der Waals surface area contributed by atoms with Crippen molar-refractivity contribution in [2.24, 2.45) is 0 Å². The standard InChI is InChI=1S/C4H2N4O2/c9-4-5-1-2-3(6-4)10-8-7-2/h1H,(H,5,6,9). The molecule has 2 aromatic rings. The maximum atomic E-state index is 10.5. The molecule has 0 unspecified atom stereocenters. The predicted molar refractivity (Wildman–Crippen MR) is 30.2 cm³/mol. The molecule has 6 nitrogen and oxygen atoms in total. The lowest BCUT2D eigenvalue weighted by molar-refractivity contribution is 0.417.